The maximum absolute atomic E-state index is 13.0. The number of hydrogen-bond acceptors (Lipinski definition) is 3. The summed E-state index contributed by atoms with van der Waals surface area (Å²) in [6.45, 7) is 3.12. The summed E-state index contributed by atoms with van der Waals surface area (Å²) in [6.07, 6.45) is -0.356. The molecule has 0 aliphatic heterocycles. The van der Waals surface area contributed by atoms with Gasteiger partial charge in [-0.2, -0.15) is 0 Å². The lowest BCUT2D eigenvalue weighted by molar-refractivity contribution is -0.133. The lowest BCUT2D eigenvalue weighted by Crippen LogP contribution is -2.12. The van der Waals surface area contributed by atoms with Crippen LogP contribution in [0.1, 0.15) is 11.8 Å². The van der Waals surface area contributed by atoms with Crippen molar-refractivity contribution < 1.29 is 19.4 Å². The number of rotatable bonds is 3. The molecule has 2 N–H and O–H groups in total. The van der Waals surface area contributed by atoms with E-state index in [1.54, 1.807) is 0 Å². The fraction of sp³-hybridized carbons (Fsp3) is 0.111. The molecular weight excluding hydrogens is 189 g/mol. The van der Waals surface area contributed by atoms with E-state index in [0.717, 1.165) is 6.07 Å². The molecule has 1 aromatic rings. The predicted octanol–water partition coefficient (Wildman–Crippen LogP) is 0.895. The summed E-state index contributed by atoms with van der Waals surface area (Å²) in [5, 5.41) is 17.9. The number of nitrogens with zero attached hydrogens (tertiary/aromatic N) is 1. The van der Waals surface area contributed by atoms with Gasteiger partial charge >= 0.3 is 5.97 Å². The third-order valence-electron chi connectivity index (χ3n) is 1.65. The van der Waals surface area contributed by atoms with Crippen LogP contribution in [0.5, 0.6) is 0 Å². The first-order valence-electron chi connectivity index (χ1n) is 3.74. The maximum Gasteiger partial charge on any atom is 0.334 e. The van der Waals surface area contributed by atoms with Crippen LogP contribution in [0.3, 0.4) is 0 Å². The van der Waals surface area contributed by atoms with Gasteiger partial charge in [-0.1, -0.05) is 6.58 Å². The Labute approximate surface area is 79.3 Å². The second-order valence-corrected chi connectivity index (χ2v) is 2.60. The van der Waals surface area contributed by atoms with E-state index in [1.165, 1.54) is 12.3 Å². The number of aromatic nitrogens is 1. The minimum atomic E-state index is -1.62. The fourth-order valence-corrected chi connectivity index (χ4v) is 0.881. The number of carboxylic acids is 1. The summed E-state index contributed by atoms with van der Waals surface area (Å²) in [5.41, 5.74) is -0.845. The molecule has 74 valence electrons. The quantitative estimate of drug-likeness (QED) is 0.706. The van der Waals surface area contributed by atoms with Crippen LogP contribution in [0.4, 0.5) is 4.39 Å². The number of aliphatic carboxylic acids is 1. The van der Waals surface area contributed by atoms with Crippen LogP contribution < -0.4 is 0 Å². The zero-order chi connectivity index (χ0) is 10.7. The first-order chi connectivity index (χ1) is 6.54. The van der Waals surface area contributed by atoms with Crippen molar-refractivity contribution in [3.63, 3.8) is 0 Å². The van der Waals surface area contributed by atoms with Crippen LogP contribution in [0, 0.1) is 5.82 Å². The molecule has 0 saturated heterocycles. The van der Waals surface area contributed by atoms with E-state index in [4.69, 9.17) is 5.11 Å². The lowest BCUT2D eigenvalue weighted by atomic mass is 10.1. The Kier molecular flexibility index (Phi) is 2.93. The molecule has 14 heavy (non-hydrogen) atoms. The number of carbonyl (C=O) groups is 1. The number of hydrogen-bond donors (Lipinski definition) is 2. The van der Waals surface area contributed by atoms with E-state index in [1.807, 2.05) is 0 Å². The highest BCUT2D eigenvalue weighted by Crippen LogP contribution is 2.20. The van der Waals surface area contributed by atoms with Gasteiger partial charge in [0.2, 0.25) is 0 Å². The monoisotopic (exact) mass is 197 g/mol. The van der Waals surface area contributed by atoms with Gasteiger partial charge in [0.1, 0.15) is 17.6 Å². The summed E-state index contributed by atoms with van der Waals surface area (Å²) < 4.78 is 13.0. The third kappa shape index (κ3) is 1.94. The SMILES string of the molecule is C=C(C(=O)O)C(O)c1ncccc1F. The Morgan fingerprint density at radius 1 is 1.64 bits per heavy atom. The van der Waals surface area contributed by atoms with Crippen molar-refractivity contribution in [3.8, 4) is 0 Å². The number of halogens is 1. The second kappa shape index (κ2) is 3.97. The topological polar surface area (TPSA) is 70.4 Å². The average Bonchev–Trinajstić information content (AvgIpc) is 2.16. The highest BCUT2D eigenvalue weighted by Gasteiger charge is 2.21. The van der Waals surface area contributed by atoms with Crippen LogP contribution in [0.15, 0.2) is 30.5 Å². The van der Waals surface area contributed by atoms with Crippen LogP contribution >= 0.6 is 0 Å². The molecule has 0 fully saturated rings. The zero-order valence-corrected chi connectivity index (χ0v) is 7.14. The number of aliphatic hydroxyl groups is 1. The van der Waals surface area contributed by atoms with Crippen molar-refractivity contribution >= 4 is 5.97 Å². The molecule has 1 unspecified atom stereocenters. The molecule has 0 spiro atoms. The number of aliphatic hydroxyl groups excluding tert-OH is 1. The number of pyridine rings is 1. The van der Waals surface area contributed by atoms with Gasteiger partial charge in [0.05, 0.1) is 5.57 Å². The Morgan fingerprint density at radius 3 is 2.79 bits per heavy atom. The average molecular weight is 197 g/mol. The molecule has 0 saturated carbocycles. The fourth-order valence-electron chi connectivity index (χ4n) is 0.881. The van der Waals surface area contributed by atoms with Gasteiger partial charge in [-0.15, -0.1) is 0 Å². The molecule has 5 heteroatoms. The normalized spacial score (nSPS) is 12.1. The summed E-state index contributed by atoms with van der Waals surface area (Å²) in [4.78, 5) is 13.9. The molecule has 0 radical (unpaired) electrons. The maximum atomic E-state index is 13.0. The minimum absolute atomic E-state index is 0.333. The first-order valence-corrected chi connectivity index (χ1v) is 3.74. The van der Waals surface area contributed by atoms with Crippen LogP contribution in [0.25, 0.3) is 0 Å². The largest absolute Gasteiger partial charge is 0.478 e. The van der Waals surface area contributed by atoms with Crippen LogP contribution in [0.2, 0.25) is 0 Å². The smallest absolute Gasteiger partial charge is 0.334 e. The molecule has 0 aliphatic rings. The van der Waals surface area contributed by atoms with Gasteiger partial charge in [-0.25, -0.2) is 9.18 Å². The van der Waals surface area contributed by atoms with E-state index in [-0.39, 0.29) is 5.69 Å². The molecule has 0 aliphatic carbocycles. The van der Waals surface area contributed by atoms with E-state index >= 15 is 0 Å². The summed E-state index contributed by atoms with van der Waals surface area (Å²) in [6, 6.07) is 2.43. The van der Waals surface area contributed by atoms with E-state index in [0.29, 0.717) is 0 Å². The lowest BCUT2D eigenvalue weighted by Gasteiger charge is -2.09. The molecule has 1 heterocycles. The van der Waals surface area contributed by atoms with Crippen molar-refractivity contribution in [2.75, 3.05) is 0 Å². The Bertz CT molecular complexity index is 378. The minimum Gasteiger partial charge on any atom is -0.478 e. The molecule has 0 amide bonds. The van der Waals surface area contributed by atoms with E-state index in [9.17, 15) is 14.3 Å². The standard InChI is InChI=1S/C9H8FNO3/c1-5(9(13)14)8(12)7-6(10)3-2-4-11-7/h2-4,8,12H,1H2,(H,13,14). The van der Waals surface area contributed by atoms with Crippen molar-refractivity contribution in [1.29, 1.82) is 0 Å². The van der Waals surface area contributed by atoms with Gasteiger partial charge in [0.15, 0.2) is 0 Å². The van der Waals surface area contributed by atoms with Gasteiger partial charge in [0.25, 0.3) is 0 Å². The predicted molar refractivity (Wildman–Crippen MR) is 45.9 cm³/mol. The van der Waals surface area contributed by atoms with E-state index in [2.05, 4.69) is 11.6 Å². The van der Waals surface area contributed by atoms with Crippen molar-refractivity contribution in [2.45, 2.75) is 6.10 Å². The van der Waals surface area contributed by atoms with Crippen molar-refractivity contribution in [2.24, 2.45) is 0 Å². The first kappa shape index (κ1) is 10.3. The Balaban J connectivity index is 3.01. The molecule has 0 bridgehead atoms. The Hall–Kier alpha value is -1.75. The van der Waals surface area contributed by atoms with Gasteiger partial charge in [0, 0.05) is 6.20 Å². The Morgan fingerprint density at radius 2 is 2.29 bits per heavy atom. The molecule has 4 nitrogen and oxygen atoms in total. The van der Waals surface area contributed by atoms with E-state index < -0.39 is 23.5 Å². The highest BCUT2D eigenvalue weighted by molar-refractivity contribution is 5.87. The molecule has 1 rings (SSSR count). The summed E-state index contributed by atoms with van der Waals surface area (Å²) in [7, 11) is 0. The number of carboxylic acid groups (broad SMARTS) is 1. The van der Waals surface area contributed by atoms with Gasteiger partial charge < -0.3 is 10.2 Å². The highest BCUT2D eigenvalue weighted by atomic mass is 19.1. The summed E-state index contributed by atoms with van der Waals surface area (Å²) in [5.74, 6) is -2.15. The van der Waals surface area contributed by atoms with Crippen molar-refractivity contribution in [3.05, 3.63) is 42.0 Å². The van der Waals surface area contributed by atoms with Crippen LogP contribution in [-0.4, -0.2) is 21.2 Å². The van der Waals surface area contributed by atoms with Gasteiger partial charge in [-0.3, -0.25) is 4.98 Å². The second-order valence-electron chi connectivity index (χ2n) is 2.60. The van der Waals surface area contributed by atoms with Crippen LogP contribution in [-0.2, 0) is 4.79 Å². The molecular formula is C9H8FNO3. The third-order valence-corrected chi connectivity index (χ3v) is 1.65. The molecule has 0 aromatic carbocycles. The van der Waals surface area contributed by atoms with Gasteiger partial charge in [-0.05, 0) is 12.1 Å². The molecule has 1 aromatic heterocycles. The molecule has 1 atom stereocenters. The summed E-state index contributed by atoms with van der Waals surface area (Å²) >= 11 is 0. The van der Waals surface area contributed by atoms with Crippen molar-refractivity contribution in [1.82, 2.24) is 4.98 Å². The zero-order valence-electron chi connectivity index (χ0n) is 7.14.